The van der Waals surface area contributed by atoms with Gasteiger partial charge in [0.2, 0.25) is 6.79 Å². The summed E-state index contributed by atoms with van der Waals surface area (Å²) in [6, 6.07) is 12.6. The van der Waals surface area contributed by atoms with Crippen molar-refractivity contribution in [2.45, 2.75) is 12.8 Å². The number of ketones is 1. The highest BCUT2D eigenvalue weighted by Crippen LogP contribution is 2.36. The van der Waals surface area contributed by atoms with Gasteiger partial charge in [0.25, 0.3) is 0 Å². The summed E-state index contributed by atoms with van der Waals surface area (Å²) in [6.07, 6.45) is 6.33. The summed E-state index contributed by atoms with van der Waals surface area (Å²) in [5.41, 5.74) is 7.95. The normalized spacial score (nSPS) is 19.3. The largest absolute Gasteiger partial charge is 0.454 e. The van der Waals surface area contributed by atoms with E-state index in [9.17, 15) is 9.59 Å². The Morgan fingerprint density at radius 3 is 2.90 bits per heavy atom. The Morgan fingerprint density at radius 1 is 1.21 bits per heavy atom. The van der Waals surface area contributed by atoms with Crippen molar-refractivity contribution in [2.24, 2.45) is 11.7 Å². The van der Waals surface area contributed by atoms with E-state index in [0.717, 1.165) is 29.5 Å². The number of rotatable bonds is 5. The van der Waals surface area contributed by atoms with Crippen molar-refractivity contribution in [1.29, 1.82) is 0 Å². The molecule has 1 atom stereocenters. The second kappa shape index (κ2) is 8.32. The van der Waals surface area contributed by atoms with Crippen LogP contribution in [0.2, 0.25) is 0 Å². The molecule has 2 aliphatic rings. The quantitative estimate of drug-likeness (QED) is 0.478. The molecule has 0 amide bonds. The van der Waals surface area contributed by atoms with Gasteiger partial charge in [-0.2, -0.15) is 0 Å². The van der Waals surface area contributed by atoms with Crippen LogP contribution in [0.25, 0.3) is 12.2 Å². The van der Waals surface area contributed by atoms with E-state index in [-0.39, 0.29) is 18.5 Å². The molecular weight excluding hydrogens is 370 g/mol. The molecule has 0 spiro atoms. The molecule has 4 rings (SSSR count). The fourth-order valence-electron chi connectivity index (χ4n) is 3.48. The van der Waals surface area contributed by atoms with Gasteiger partial charge >= 0.3 is 5.97 Å². The van der Waals surface area contributed by atoms with E-state index in [1.54, 1.807) is 24.3 Å². The van der Waals surface area contributed by atoms with Crippen LogP contribution in [0.5, 0.6) is 17.2 Å². The molecule has 2 aromatic rings. The molecule has 1 unspecified atom stereocenters. The second-order valence-electron chi connectivity index (χ2n) is 6.91. The van der Waals surface area contributed by atoms with Gasteiger partial charge in [0.15, 0.2) is 17.3 Å². The van der Waals surface area contributed by atoms with Gasteiger partial charge in [0.1, 0.15) is 5.75 Å². The average Bonchev–Trinajstić information content (AvgIpc) is 3.34. The lowest BCUT2D eigenvalue weighted by atomic mass is 10.1. The second-order valence-corrected chi connectivity index (χ2v) is 6.91. The van der Waals surface area contributed by atoms with E-state index >= 15 is 0 Å². The maximum atomic E-state index is 12.2. The fraction of sp³-hybridized carbons (Fsp3) is 0.217. The van der Waals surface area contributed by atoms with Crippen LogP contribution >= 0.6 is 0 Å². The van der Waals surface area contributed by atoms with E-state index in [4.69, 9.17) is 19.9 Å². The van der Waals surface area contributed by atoms with Gasteiger partial charge in [-0.15, -0.1) is 0 Å². The van der Waals surface area contributed by atoms with Crippen molar-refractivity contribution in [3.8, 4) is 17.2 Å². The highest BCUT2D eigenvalue weighted by atomic mass is 16.7. The number of nitrogens with two attached hydrogens (primary N) is 1. The predicted molar refractivity (Wildman–Crippen MR) is 108 cm³/mol. The van der Waals surface area contributed by atoms with Crippen LogP contribution < -0.4 is 19.9 Å². The Balaban J connectivity index is 1.44. The minimum Gasteiger partial charge on any atom is -0.454 e. The molecule has 0 bridgehead atoms. The third-order valence-corrected chi connectivity index (χ3v) is 4.98. The first-order chi connectivity index (χ1) is 14.1. The molecule has 1 heterocycles. The summed E-state index contributed by atoms with van der Waals surface area (Å²) in [5, 5.41) is 0. The van der Waals surface area contributed by atoms with E-state index in [0.29, 0.717) is 23.8 Å². The molecule has 0 saturated heterocycles. The molecule has 1 aliphatic heterocycles. The number of esters is 1. The zero-order chi connectivity index (χ0) is 20.2. The van der Waals surface area contributed by atoms with Crippen molar-refractivity contribution < 1.29 is 23.8 Å². The SMILES string of the molecule is NCC1CC/C(=C\c2cccc(OC(=O)/C=C/c3cccc4c3OCO4)c2)C1=O. The minimum absolute atomic E-state index is 0.0822. The number of allylic oxidation sites excluding steroid dienone is 1. The zero-order valence-corrected chi connectivity index (χ0v) is 15.8. The molecule has 6 nitrogen and oxygen atoms in total. The van der Waals surface area contributed by atoms with E-state index in [1.165, 1.54) is 6.08 Å². The summed E-state index contributed by atoms with van der Waals surface area (Å²) in [6.45, 7) is 0.545. The highest BCUT2D eigenvalue weighted by Gasteiger charge is 2.27. The van der Waals surface area contributed by atoms with Gasteiger partial charge in [-0.3, -0.25) is 4.79 Å². The van der Waals surface area contributed by atoms with Crippen molar-refractivity contribution >= 4 is 23.9 Å². The number of Topliss-reactive ketones (excluding diaryl/α,β-unsaturated/α-hetero) is 1. The molecule has 2 aromatic carbocycles. The summed E-state index contributed by atoms with van der Waals surface area (Å²) in [4.78, 5) is 24.5. The minimum atomic E-state index is -0.508. The zero-order valence-electron chi connectivity index (χ0n) is 15.8. The van der Waals surface area contributed by atoms with Gasteiger partial charge in [-0.25, -0.2) is 4.79 Å². The topological polar surface area (TPSA) is 87.8 Å². The van der Waals surface area contributed by atoms with Gasteiger partial charge in [0, 0.05) is 24.1 Å². The highest BCUT2D eigenvalue weighted by molar-refractivity contribution is 6.03. The smallest absolute Gasteiger partial charge is 0.336 e. The van der Waals surface area contributed by atoms with E-state index < -0.39 is 5.97 Å². The third-order valence-electron chi connectivity index (χ3n) is 4.98. The summed E-state index contributed by atoms with van der Waals surface area (Å²) >= 11 is 0. The summed E-state index contributed by atoms with van der Waals surface area (Å²) in [7, 11) is 0. The number of para-hydroxylation sites is 1. The standard InChI is InChI=1S/C23H21NO5/c24-13-18-8-7-17(22(18)26)11-15-3-1-5-19(12-15)29-21(25)10-9-16-4-2-6-20-23(16)28-14-27-20/h1-6,9-12,18H,7-8,13-14,24H2/b10-9+,17-11+. The molecule has 0 radical (unpaired) electrons. The molecule has 1 fully saturated rings. The first-order valence-electron chi connectivity index (χ1n) is 9.47. The Hall–Kier alpha value is -3.38. The van der Waals surface area contributed by atoms with Gasteiger partial charge in [0.05, 0.1) is 0 Å². The van der Waals surface area contributed by atoms with Crippen molar-refractivity contribution in [1.82, 2.24) is 0 Å². The number of fused-ring (bicyclic) bond motifs is 1. The monoisotopic (exact) mass is 391 g/mol. The summed E-state index contributed by atoms with van der Waals surface area (Å²) in [5.74, 6) is 1.20. The first-order valence-corrected chi connectivity index (χ1v) is 9.47. The fourth-order valence-corrected chi connectivity index (χ4v) is 3.48. The van der Waals surface area contributed by atoms with Crippen LogP contribution in [0.4, 0.5) is 0 Å². The molecule has 2 N–H and O–H groups in total. The van der Waals surface area contributed by atoms with Crippen molar-refractivity contribution in [3.05, 3.63) is 65.2 Å². The van der Waals surface area contributed by atoms with Gasteiger partial charge in [-0.05, 0) is 54.3 Å². The van der Waals surface area contributed by atoms with Crippen LogP contribution in [0, 0.1) is 5.92 Å². The Kier molecular flexibility index (Phi) is 5.44. The Labute approximate surface area is 168 Å². The first kappa shape index (κ1) is 19.0. The van der Waals surface area contributed by atoms with Crippen LogP contribution in [0.1, 0.15) is 24.0 Å². The molecular formula is C23H21NO5. The third kappa shape index (κ3) is 4.22. The van der Waals surface area contributed by atoms with Crippen molar-refractivity contribution in [3.63, 3.8) is 0 Å². The van der Waals surface area contributed by atoms with E-state index in [2.05, 4.69) is 0 Å². The van der Waals surface area contributed by atoms with Crippen LogP contribution in [0.15, 0.2) is 54.1 Å². The maximum absolute atomic E-state index is 12.2. The molecule has 29 heavy (non-hydrogen) atoms. The maximum Gasteiger partial charge on any atom is 0.336 e. The lowest BCUT2D eigenvalue weighted by Crippen LogP contribution is -2.18. The van der Waals surface area contributed by atoms with Crippen LogP contribution in [-0.4, -0.2) is 25.1 Å². The number of hydrogen-bond acceptors (Lipinski definition) is 6. The van der Waals surface area contributed by atoms with Crippen molar-refractivity contribution in [2.75, 3.05) is 13.3 Å². The number of hydrogen-bond donors (Lipinski definition) is 1. The van der Waals surface area contributed by atoms with Crippen LogP contribution in [-0.2, 0) is 9.59 Å². The number of carbonyl (C=O) groups is 2. The molecule has 0 aromatic heterocycles. The van der Waals surface area contributed by atoms with E-state index in [1.807, 2.05) is 30.3 Å². The summed E-state index contributed by atoms with van der Waals surface area (Å²) < 4.78 is 16.1. The van der Waals surface area contributed by atoms with Crippen LogP contribution in [0.3, 0.4) is 0 Å². The number of benzene rings is 2. The average molecular weight is 391 g/mol. The molecule has 1 aliphatic carbocycles. The van der Waals surface area contributed by atoms with Gasteiger partial charge < -0.3 is 19.9 Å². The lowest BCUT2D eigenvalue weighted by Gasteiger charge is -2.04. The lowest BCUT2D eigenvalue weighted by molar-refractivity contribution is -0.128. The molecule has 1 saturated carbocycles. The number of carbonyl (C=O) groups excluding carboxylic acids is 2. The number of ether oxygens (including phenoxy) is 3. The Morgan fingerprint density at radius 2 is 2.07 bits per heavy atom. The molecule has 148 valence electrons. The Bertz CT molecular complexity index is 1010. The predicted octanol–water partition coefficient (Wildman–Crippen LogP) is 3.36. The molecule has 6 heteroatoms. The van der Waals surface area contributed by atoms with Gasteiger partial charge in [-0.1, -0.05) is 24.3 Å².